The van der Waals surface area contributed by atoms with Crippen LogP contribution in [-0.2, 0) is 6.42 Å². The molecule has 0 spiro atoms. The van der Waals surface area contributed by atoms with Gasteiger partial charge in [-0.15, -0.1) is 0 Å². The van der Waals surface area contributed by atoms with Crippen molar-refractivity contribution in [2.24, 2.45) is 0 Å². The number of methoxy groups -OCH3 is 1. The molecule has 3 heterocycles. The van der Waals surface area contributed by atoms with Gasteiger partial charge in [-0.2, -0.15) is 0 Å². The lowest BCUT2D eigenvalue weighted by molar-refractivity contribution is 0.178. The summed E-state index contributed by atoms with van der Waals surface area (Å²) in [6, 6.07) is 18.1. The van der Waals surface area contributed by atoms with Gasteiger partial charge in [0, 0.05) is 40.9 Å². The van der Waals surface area contributed by atoms with Gasteiger partial charge in [-0.1, -0.05) is 18.2 Å². The van der Waals surface area contributed by atoms with Crippen LogP contribution in [0.3, 0.4) is 0 Å². The van der Waals surface area contributed by atoms with Crippen LogP contribution in [0.4, 0.5) is 5.69 Å². The summed E-state index contributed by atoms with van der Waals surface area (Å²) in [5.41, 5.74) is 5.46. The van der Waals surface area contributed by atoms with Gasteiger partial charge in [0.2, 0.25) is 0 Å². The van der Waals surface area contributed by atoms with Gasteiger partial charge in [0.05, 0.1) is 13.8 Å². The zero-order valence-electron chi connectivity index (χ0n) is 14.7. The predicted octanol–water partition coefficient (Wildman–Crippen LogP) is 3.94. The standard InChI is InChI=1S/C21H23N3O/c1-14-21-19(18-5-3-4-6-20(18)22-21)11-16-12-23(13-24(14)16)15-7-9-17(25-2)10-8-15/h3-10,14,16,22H,11-13H2,1-2H3. The molecule has 4 heteroatoms. The number of ether oxygens (including phenoxy) is 1. The van der Waals surface area contributed by atoms with Crippen LogP contribution in [0, 0.1) is 0 Å². The fourth-order valence-corrected chi connectivity index (χ4v) is 4.53. The number of fused-ring (bicyclic) bond motifs is 4. The van der Waals surface area contributed by atoms with E-state index in [1.807, 2.05) is 12.1 Å². The first-order chi connectivity index (χ1) is 12.2. The third kappa shape index (κ3) is 2.24. The maximum Gasteiger partial charge on any atom is 0.119 e. The Hall–Kier alpha value is -2.46. The summed E-state index contributed by atoms with van der Waals surface area (Å²) >= 11 is 0. The molecule has 1 saturated heterocycles. The second-order valence-electron chi connectivity index (χ2n) is 7.17. The molecule has 1 N–H and O–H groups in total. The van der Waals surface area contributed by atoms with Crippen molar-refractivity contribution in [3.8, 4) is 5.75 Å². The molecule has 4 nitrogen and oxygen atoms in total. The second-order valence-corrected chi connectivity index (χ2v) is 7.17. The summed E-state index contributed by atoms with van der Waals surface area (Å²) < 4.78 is 5.28. The summed E-state index contributed by atoms with van der Waals surface area (Å²) in [6.45, 7) is 4.39. The molecule has 3 aromatic rings. The highest BCUT2D eigenvalue weighted by atomic mass is 16.5. The molecule has 0 aliphatic carbocycles. The fourth-order valence-electron chi connectivity index (χ4n) is 4.53. The van der Waals surface area contributed by atoms with Gasteiger partial charge in [0.25, 0.3) is 0 Å². The summed E-state index contributed by atoms with van der Waals surface area (Å²) in [6.07, 6.45) is 1.12. The van der Waals surface area contributed by atoms with E-state index in [9.17, 15) is 0 Å². The van der Waals surface area contributed by atoms with Crippen LogP contribution in [0.1, 0.15) is 24.2 Å². The monoisotopic (exact) mass is 333 g/mol. The number of nitrogens with zero attached hydrogens (tertiary/aromatic N) is 2. The zero-order chi connectivity index (χ0) is 17.0. The minimum Gasteiger partial charge on any atom is -0.497 e. The van der Waals surface area contributed by atoms with E-state index in [-0.39, 0.29) is 0 Å². The normalized spacial score (nSPS) is 22.9. The van der Waals surface area contributed by atoms with Crippen LogP contribution < -0.4 is 9.64 Å². The van der Waals surface area contributed by atoms with Gasteiger partial charge < -0.3 is 14.6 Å². The first kappa shape index (κ1) is 14.8. The maximum atomic E-state index is 5.28. The van der Waals surface area contributed by atoms with Crippen LogP contribution >= 0.6 is 0 Å². The first-order valence-electron chi connectivity index (χ1n) is 8.99. The molecule has 2 unspecified atom stereocenters. The summed E-state index contributed by atoms with van der Waals surface area (Å²) in [5.74, 6) is 0.912. The SMILES string of the molecule is COc1ccc(N2CC3Cc4c([nH]c5ccccc45)C(C)N3C2)cc1. The lowest BCUT2D eigenvalue weighted by atomic mass is 9.93. The molecule has 25 heavy (non-hydrogen) atoms. The van der Waals surface area contributed by atoms with Crippen molar-refractivity contribution >= 4 is 16.6 Å². The average Bonchev–Trinajstić information content (AvgIpc) is 3.24. The van der Waals surface area contributed by atoms with Crippen LogP contribution in [0.5, 0.6) is 5.75 Å². The fraction of sp³-hybridized carbons (Fsp3) is 0.333. The van der Waals surface area contributed by atoms with Crippen molar-refractivity contribution < 1.29 is 4.74 Å². The molecule has 1 fully saturated rings. The Morgan fingerprint density at radius 2 is 1.88 bits per heavy atom. The Bertz CT molecular complexity index is 915. The summed E-state index contributed by atoms with van der Waals surface area (Å²) in [5, 5.41) is 1.40. The number of anilines is 1. The number of H-pyrrole nitrogens is 1. The van der Waals surface area contributed by atoms with Crippen LogP contribution in [0.2, 0.25) is 0 Å². The largest absolute Gasteiger partial charge is 0.497 e. The third-order valence-corrected chi connectivity index (χ3v) is 5.87. The van der Waals surface area contributed by atoms with Gasteiger partial charge >= 0.3 is 0 Å². The lowest BCUT2D eigenvalue weighted by Crippen LogP contribution is -2.39. The quantitative estimate of drug-likeness (QED) is 0.771. The topological polar surface area (TPSA) is 31.5 Å². The first-order valence-corrected chi connectivity index (χ1v) is 8.99. The Morgan fingerprint density at radius 3 is 2.68 bits per heavy atom. The molecule has 128 valence electrons. The molecule has 1 aromatic heterocycles. The number of rotatable bonds is 2. The van der Waals surface area contributed by atoms with E-state index < -0.39 is 0 Å². The zero-order valence-corrected chi connectivity index (χ0v) is 14.7. The van der Waals surface area contributed by atoms with Gasteiger partial charge in [-0.05, 0) is 49.2 Å². The Balaban J connectivity index is 1.45. The molecule has 2 aromatic carbocycles. The van der Waals surface area contributed by atoms with E-state index in [0.717, 1.165) is 25.4 Å². The Kier molecular flexibility index (Phi) is 3.28. The number of para-hydroxylation sites is 1. The minimum absolute atomic E-state index is 0.421. The Labute approximate surface area is 148 Å². The number of nitrogens with one attached hydrogen (secondary N) is 1. The third-order valence-electron chi connectivity index (χ3n) is 5.87. The van der Waals surface area contributed by atoms with Gasteiger partial charge in [0.1, 0.15) is 5.75 Å². The van der Waals surface area contributed by atoms with E-state index in [0.29, 0.717) is 12.1 Å². The number of aromatic amines is 1. The smallest absolute Gasteiger partial charge is 0.119 e. The van der Waals surface area contributed by atoms with Crippen molar-refractivity contribution in [2.75, 3.05) is 25.2 Å². The van der Waals surface area contributed by atoms with Crippen LogP contribution in [-0.4, -0.2) is 36.2 Å². The van der Waals surface area contributed by atoms with Gasteiger partial charge in [-0.25, -0.2) is 0 Å². The van der Waals surface area contributed by atoms with E-state index in [4.69, 9.17) is 4.74 Å². The predicted molar refractivity (Wildman–Crippen MR) is 101 cm³/mol. The van der Waals surface area contributed by atoms with E-state index in [1.54, 1.807) is 7.11 Å². The molecule has 0 amide bonds. The van der Waals surface area contributed by atoms with Crippen molar-refractivity contribution in [2.45, 2.75) is 25.4 Å². The van der Waals surface area contributed by atoms with E-state index in [1.165, 1.54) is 27.8 Å². The highest BCUT2D eigenvalue weighted by Gasteiger charge is 2.40. The minimum atomic E-state index is 0.421. The van der Waals surface area contributed by atoms with Crippen molar-refractivity contribution in [1.29, 1.82) is 0 Å². The van der Waals surface area contributed by atoms with Crippen LogP contribution in [0.25, 0.3) is 10.9 Å². The number of hydrogen-bond donors (Lipinski definition) is 1. The second kappa shape index (κ2) is 5.53. The van der Waals surface area contributed by atoms with Gasteiger partial charge in [-0.3, -0.25) is 4.90 Å². The number of aromatic nitrogens is 1. The molecule has 0 saturated carbocycles. The van der Waals surface area contributed by atoms with E-state index >= 15 is 0 Å². The van der Waals surface area contributed by atoms with E-state index in [2.05, 4.69) is 58.1 Å². The Morgan fingerprint density at radius 1 is 1.08 bits per heavy atom. The molecule has 5 rings (SSSR count). The summed E-state index contributed by atoms with van der Waals surface area (Å²) in [7, 11) is 1.71. The number of hydrogen-bond acceptors (Lipinski definition) is 3. The van der Waals surface area contributed by atoms with Crippen LogP contribution in [0.15, 0.2) is 48.5 Å². The lowest BCUT2D eigenvalue weighted by Gasteiger charge is -2.34. The highest BCUT2D eigenvalue weighted by Crippen LogP contribution is 2.40. The van der Waals surface area contributed by atoms with Crippen molar-refractivity contribution in [3.63, 3.8) is 0 Å². The summed E-state index contributed by atoms with van der Waals surface area (Å²) in [4.78, 5) is 8.78. The molecule has 2 aliphatic heterocycles. The molecular formula is C21H23N3O. The molecule has 0 bridgehead atoms. The maximum absolute atomic E-state index is 5.28. The number of benzene rings is 2. The molecule has 2 atom stereocenters. The highest BCUT2D eigenvalue weighted by molar-refractivity contribution is 5.85. The van der Waals surface area contributed by atoms with Gasteiger partial charge in [0.15, 0.2) is 0 Å². The van der Waals surface area contributed by atoms with Crippen molar-refractivity contribution in [3.05, 3.63) is 59.8 Å². The molecular weight excluding hydrogens is 310 g/mol. The molecule has 0 radical (unpaired) electrons. The van der Waals surface area contributed by atoms with Crippen molar-refractivity contribution in [1.82, 2.24) is 9.88 Å². The average molecular weight is 333 g/mol. The molecule has 2 aliphatic rings.